The van der Waals surface area contributed by atoms with Crippen molar-refractivity contribution in [1.29, 1.82) is 0 Å². The summed E-state index contributed by atoms with van der Waals surface area (Å²) in [7, 11) is 0. The zero-order valence-corrected chi connectivity index (χ0v) is 15.5. The molecular weight excluding hydrogens is 411 g/mol. The molecule has 130 valence electrons. The smallest absolute Gasteiger partial charge is 0.243 e. The largest absolute Gasteiger partial charge is 0.373 e. The molecule has 0 bridgehead atoms. The van der Waals surface area contributed by atoms with Gasteiger partial charge in [0.15, 0.2) is 11.6 Å². The van der Waals surface area contributed by atoms with E-state index in [-0.39, 0.29) is 22.7 Å². The Balaban J connectivity index is 1.77. The number of rotatable bonds is 4. The standard InChI is InChI=1S/C17H15BrClFN4O/c18-15-12(11-7-4-8-25-11)13(20)14-16(22-17(19)23-24(14)15)21-9-10-5-2-1-3-6-10/h1-3,5-6,11H,4,7-9H2,(H,21,22,23). The Morgan fingerprint density at radius 3 is 2.88 bits per heavy atom. The monoisotopic (exact) mass is 424 g/mol. The van der Waals surface area contributed by atoms with Gasteiger partial charge in [-0.15, -0.1) is 5.10 Å². The molecule has 3 heterocycles. The third-order valence-corrected chi connectivity index (χ3v) is 5.15. The van der Waals surface area contributed by atoms with Crippen molar-refractivity contribution < 1.29 is 9.13 Å². The van der Waals surface area contributed by atoms with Gasteiger partial charge in [0.2, 0.25) is 5.28 Å². The molecule has 1 fully saturated rings. The first-order valence-corrected chi connectivity index (χ1v) is 9.15. The third kappa shape index (κ3) is 3.12. The Morgan fingerprint density at radius 1 is 1.36 bits per heavy atom. The number of nitrogens with one attached hydrogen (secondary N) is 1. The van der Waals surface area contributed by atoms with Gasteiger partial charge in [-0.25, -0.2) is 8.91 Å². The second-order valence-corrected chi connectivity index (χ2v) is 6.94. The topological polar surface area (TPSA) is 51.5 Å². The van der Waals surface area contributed by atoms with Crippen molar-refractivity contribution in [3.63, 3.8) is 0 Å². The molecule has 25 heavy (non-hydrogen) atoms. The van der Waals surface area contributed by atoms with E-state index in [9.17, 15) is 0 Å². The Hall–Kier alpha value is -1.70. The van der Waals surface area contributed by atoms with Crippen molar-refractivity contribution in [3.05, 3.63) is 57.2 Å². The summed E-state index contributed by atoms with van der Waals surface area (Å²) >= 11 is 9.48. The van der Waals surface area contributed by atoms with E-state index in [1.54, 1.807) is 0 Å². The predicted molar refractivity (Wildman–Crippen MR) is 97.4 cm³/mol. The number of aromatic nitrogens is 3. The van der Waals surface area contributed by atoms with E-state index >= 15 is 4.39 Å². The molecule has 0 radical (unpaired) electrons. The van der Waals surface area contributed by atoms with Crippen molar-refractivity contribution in [2.75, 3.05) is 11.9 Å². The molecule has 0 saturated carbocycles. The van der Waals surface area contributed by atoms with E-state index in [4.69, 9.17) is 16.3 Å². The van der Waals surface area contributed by atoms with Gasteiger partial charge in [-0.3, -0.25) is 0 Å². The molecule has 0 spiro atoms. The van der Waals surface area contributed by atoms with Crippen LogP contribution in [0.25, 0.3) is 5.52 Å². The van der Waals surface area contributed by atoms with Crippen LogP contribution in [0.3, 0.4) is 0 Å². The van der Waals surface area contributed by atoms with Gasteiger partial charge in [-0.2, -0.15) is 4.98 Å². The van der Waals surface area contributed by atoms with Gasteiger partial charge < -0.3 is 10.1 Å². The number of hydrogen-bond acceptors (Lipinski definition) is 4. The maximum absolute atomic E-state index is 15.2. The SMILES string of the molecule is Fc1c(C2CCCO2)c(Br)n2nc(Cl)nc(NCc3ccccc3)c12. The lowest BCUT2D eigenvalue weighted by Gasteiger charge is -2.08. The van der Waals surface area contributed by atoms with Gasteiger partial charge in [-0.1, -0.05) is 30.3 Å². The van der Waals surface area contributed by atoms with Crippen molar-refractivity contribution in [1.82, 2.24) is 14.6 Å². The Labute approximate surface area is 157 Å². The van der Waals surface area contributed by atoms with Crippen LogP contribution in [0.4, 0.5) is 10.2 Å². The highest BCUT2D eigenvalue weighted by Gasteiger charge is 2.30. The quantitative estimate of drug-likeness (QED) is 0.655. The van der Waals surface area contributed by atoms with Crippen LogP contribution in [0.1, 0.15) is 30.1 Å². The number of ether oxygens (including phenoxy) is 1. The van der Waals surface area contributed by atoms with Crippen LogP contribution < -0.4 is 5.32 Å². The summed E-state index contributed by atoms with van der Waals surface area (Å²) in [5.74, 6) is -0.0303. The maximum Gasteiger partial charge on any atom is 0.243 e. The fraction of sp³-hybridized carbons (Fsp3) is 0.294. The minimum atomic E-state index is -0.383. The minimum Gasteiger partial charge on any atom is -0.373 e. The Morgan fingerprint density at radius 2 is 2.16 bits per heavy atom. The molecule has 3 aromatic rings. The highest BCUT2D eigenvalue weighted by atomic mass is 79.9. The van der Waals surface area contributed by atoms with E-state index in [1.165, 1.54) is 4.52 Å². The van der Waals surface area contributed by atoms with E-state index < -0.39 is 0 Å². The number of benzene rings is 1. The van der Waals surface area contributed by atoms with Crippen LogP contribution in [0.15, 0.2) is 34.9 Å². The summed E-state index contributed by atoms with van der Waals surface area (Å²) in [6.07, 6.45) is 1.41. The summed E-state index contributed by atoms with van der Waals surface area (Å²) in [5.41, 5.74) is 1.79. The van der Waals surface area contributed by atoms with Gasteiger partial charge in [0.05, 0.1) is 11.7 Å². The first-order chi connectivity index (χ1) is 12.1. The fourth-order valence-corrected chi connectivity index (χ4v) is 3.90. The number of anilines is 1. The van der Waals surface area contributed by atoms with E-state index in [1.807, 2.05) is 30.3 Å². The second kappa shape index (κ2) is 6.90. The molecule has 0 aliphatic carbocycles. The van der Waals surface area contributed by atoms with E-state index in [0.29, 0.717) is 29.1 Å². The van der Waals surface area contributed by atoms with Crippen LogP contribution in [-0.2, 0) is 11.3 Å². The fourth-order valence-electron chi connectivity index (χ4n) is 3.06. The first kappa shape index (κ1) is 16.8. The normalized spacial score (nSPS) is 17.3. The number of hydrogen-bond donors (Lipinski definition) is 1. The molecule has 1 saturated heterocycles. The first-order valence-electron chi connectivity index (χ1n) is 7.97. The Bertz CT molecular complexity index is 912. The van der Waals surface area contributed by atoms with Gasteiger partial charge in [-0.05, 0) is 45.9 Å². The average Bonchev–Trinajstić information content (AvgIpc) is 3.21. The molecule has 8 heteroatoms. The van der Waals surface area contributed by atoms with E-state index in [0.717, 1.165) is 18.4 Å². The number of halogens is 3. The van der Waals surface area contributed by atoms with Crippen LogP contribution in [0, 0.1) is 5.82 Å². The molecule has 1 aromatic carbocycles. The molecule has 1 N–H and O–H groups in total. The van der Waals surface area contributed by atoms with Gasteiger partial charge >= 0.3 is 0 Å². The predicted octanol–water partition coefficient (Wildman–Crippen LogP) is 4.75. The maximum atomic E-state index is 15.2. The molecule has 1 atom stereocenters. The zero-order valence-electron chi connectivity index (χ0n) is 13.2. The summed E-state index contributed by atoms with van der Waals surface area (Å²) in [5, 5.41) is 7.33. The van der Waals surface area contributed by atoms with Crippen molar-refractivity contribution in [3.8, 4) is 0 Å². The highest BCUT2D eigenvalue weighted by molar-refractivity contribution is 9.10. The summed E-state index contributed by atoms with van der Waals surface area (Å²) in [6.45, 7) is 1.13. The molecule has 5 nitrogen and oxygen atoms in total. The molecule has 1 aliphatic heterocycles. The molecule has 0 amide bonds. The lowest BCUT2D eigenvalue weighted by molar-refractivity contribution is 0.108. The molecule has 1 aliphatic rings. The zero-order chi connectivity index (χ0) is 17.4. The third-order valence-electron chi connectivity index (χ3n) is 4.23. The molecule has 1 unspecified atom stereocenters. The van der Waals surface area contributed by atoms with Crippen molar-refractivity contribution in [2.45, 2.75) is 25.5 Å². The van der Waals surface area contributed by atoms with Gasteiger partial charge in [0.25, 0.3) is 0 Å². The average molecular weight is 426 g/mol. The highest BCUT2D eigenvalue weighted by Crippen LogP contribution is 2.39. The lowest BCUT2D eigenvalue weighted by atomic mass is 10.1. The number of nitrogens with zero attached hydrogens (tertiary/aromatic N) is 3. The van der Waals surface area contributed by atoms with Crippen LogP contribution >= 0.6 is 27.5 Å². The Kier molecular flexibility index (Phi) is 4.62. The summed E-state index contributed by atoms with van der Waals surface area (Å²) < 4.78 is 22.8. The molecule has 4 rings (SSSR count). The van der Waals surface area contributed by atoms with Crippen LogP contribution in [0.2, 0.25) is 5.28 Å². The minimum absolute atomic E-state index is 0.0395. The van der Waals surface area contributed by atoms with Crippen molar-refractivity contribution in [2.24, 2.45) is 0 Å². The van der Waals surface area contributed by atoms with Crippen molar-refractivity contribution >= 4 is 38.9 Å². The summed E-state index contributed by atoms with van der Waals surface area (Å²) in [6, 6.07) is 9.80. The second-order valence-electron chi connectivity index (χ2n) is 5.85. The molecule has 2 aromatic heterocycles. The van der Waals surface area contributed by atoms with Crippen LogP contribution in [0.5, 0.6) is 0 Å². The van der Waals surface area contributed by atoms with E-state index in [2.05, 4.69) is 31.3 Å². The lowest BCUT2D eigenvalue weighted by Crippen LogP contribution is -2.06. The summed E-state index contributed by atoms with van der Waals surface area (Å²) in [4.78, 5) is 4.18. The van der Waals surface area contributed by atoms with Crippen LogP contribution in [-0.4, -0.2) is 21.2 Å². The molecular formula is C17H15BrClFN4O. The number of fused-ring (bicyclic) bond motifs is 1. The van der Waals surface area contributed by atoms with Gasteiger partial charge in [0, 0.05) is 13.2 Å². The van der Waals surface area contributed by atoms with Gasteiger partial charge in [0.1, 0.15) is 10.1 Å².